The van der Waals surface area contributed by atoms with Crippen molar-refractivity contribution in [1.29, 1.82) is 0 Å². The molecule has 0 amide bonds. The largest absolute Gasteiger partial charge is 0.488 e. The van der Waals surface area contributed by atoms with Gasteiger partial charge >= 0.3 is 0 Å². The number of nitrogens with one attached hydrogen (secondary N) is 1. The van der Waals surface area contributed by atoms with Crippen molar-refractivity contribution in [3.63, 3.8) is 0 Å². The van der Waals surface area contributed by atoms with Crippen molar-refractivity contribution in [3.8, 4) is 17.2 Å². The molecule has 27 heavy (non-hydrogen) atoms. The first kappa shape index (κ1) is 19.3. The molecule has 2 N–H and O–H groups in total. The van der Waals surface area contributed by atoms with Crippen LogP contribution in [0.1, 0.15) is 0 Å². The van der Waals surface area contributed by atoms with Crippen molar-refractivity contribution >= 4 is 23.4 Å². The first-order valence-corrected chi connectivity index (χ1v) is 8.52. The molecule has 0 fully saturated rings. The van der Waals surface area contributed by atoms with E-state index >= 15 is 0 Å². The number of aromatic amines is 1. The molecule has 0 saturated heterocycles. The summed E-state index contributed by atoms with van der Waals surface area (Å²) in [6.07, 6.45) is 0.698. The van der Waals surface area contributed by atoms with Gasteiger partial charge in [0.2, 0.25) is 0 Å². The summed E-state index contributed by atoms with van der Waals surface area (Å²) < 4.78 is 17.4. The minimum absolute atomic E-state index is 0. The smallest absolute Gasteiger partial charge is 0.187 e. The average Bonchev–Trinajstić information content (AvgIpc) is 3.15. The van der Waals surface area contributed by atoms with Crippen molar-refractivity contribution in [2.45, 2.75) is 12.3 Å². The topological polar surface area (TPSA) is 79.8 Å². The number of imidazole rings is 1. The van der Waals surface area contributed by atoms with Gasteiger partial charge in [0, 0.05) is 6.54 Å². The minimum atomic E-state index is -0.671. The Morgan fingerprint density at radius 1 is 1.26 bits per heavy atom. The van der Waals surface area contributed by atoms with E-state index in [0.29, 0.717) is 24.7 Å². The van der Waals surface area contributed by atoms with Crippen molar-refractivity contribution in [1.82, 2.24) is 14.9 Å². The fourth-order valence-electron chi connectivity index (χ4n) is 2.97. The van der Waals surface area contributed by atoms with Gasteiger partial charge in [0.1, 0.15) is 30.6 Å². The van der Waals surface area contributed by atoms with Crippen LogP contribution in [-0.4, -0.2) is 59.1 Å². The number of aromatic nitrogens is 2. The Balaban J connectivity index is 0.00000210. The zero-order valence-electron chi connectivity index (χ0n) is 14.9. The zero-order valence-corrected chi connectivity index (χ0v) is 15.7. The Morgan fingerprint density at radius 2 is 2.07 bits per heavy atom. The molecule has 1 aliphatic heterocycles. The maximum atomic E-state index is 10.3. The fraction of sp³-hybridized carbons (Fsp3) is 0.316. The van der Waals surface area contributed by atoms with Gasteiger partial charge < -0.3 is 24.3 Å². The lowest BCUT2D eigenvalue weighted by atomic mass is 10.3. The molecule has 2 unspecified atom stereocenters. The number of hydrogen-bond acceptors (Lipinski definition) is 6. The number of likely N-dealkylation sites (N-methyl/N-ethyl adjacent to an activating group) is 1. The molecule has 2 atom stereocenters. The molecule has 8 heteroatoms. The summed E-state index contributed by atoms with van der Waals surface area (Å²) in [6.45, 7) is 0.973. The molecule has 0 saturated carbocycles. The number of rotatable bonds is 6. The quantitative estimate of drug-likeness (QED) is 0.672. The normalized spacial score (nSPS) is 16.8. The van der Waals surface area contributed by atoms with Crippen molar-refractivity contribution in [2.24, 2.45) is 0 Å². The number of aliphatic hydroxyl groups is 1. The molecule has 0 radical (unpaired) electrons. The summed E-state index contributed by atoms with van der Waals surface area (Å²) in [4.78, 5) is 9.20. The Kier molecular flexibility index (Phi) is 6.05. The highest BCUT2D eigenvalue weighted by molar-refractivity contribution is 5.85. The van der Waals surface area contributed by atoms with Gasteiger partial charge in [-0.05, 0) is 31.3 Å². The molecule has 144 valence electrons. The van der Waals surface area contributed by atoms with E-state index in [1.54, 1.807) is 6.33 Å². The summed E-state index contributed by atoms with van der Waals surface area (Å²) in [7, 11) is 1.89. The van der Waals surface area contributed by atoms with Gasteiger partial charge in [-0.2, -0.15) is 0 Å². The lowest BCUT2D eigenvalue weighted by molar-refractivity contribution is -0.0387. The summed E-state index contributed by atoms with van der Waals surface area (Å²) in [5.41, 5.74) is 1.66. The van der Waals surface area contributed by atoms with Crippen LogP contribution in [0.5, 0.6) is 17.2 Å². The van der Waals surface area contributed by atoms with E-state index in [1.807, 2.05) is 54.4 Å². The average molecular weight is 392 g/mol. The van der Waals surface area contributed by atoms with Gasteiger partial charge in [-0.25, -0.2) is 4.98 Å². The number of H-pyrrole nitrogens is 1. The van der Waals surface area contributed by atoms with E-state index in [0.717, 1.165) is 16.8 Å². The van der Waals surface area contributed by atoms with Gasteiger partial charge in [0.15, 0.2) is 17.7 Å². The van der Waals surface area contributed by atoms with Crippen LogP contribution in [0.25, 0.3) is 11.0 Å². The molecular weight excluding hydrogens is 370 g/mol. The molecule has 4 rings (SSSR count). The van der Waals surface area contributed by atoms with Gasteiger partial charge in [-0.15, -0.1) is 12.4 Å². The molecule has 1 aliphatic rings. The lowest BCUT2D eigenvalue weighted by Gasteiger charge is -2.33. The Hall–Kier alpha value is -2.48. The van der Waals surface area contributed by atoms with Gasteiger partial charge in [0.25, 0.3) is 0 Å². The van der Waals surface area contributed by atoms with Crippen LogP contribution in [0.15, 0.2) is 48.8 Å². The van der Waals surface area contributed by atoms with Crippen molar-refractivity contribution in [2.75, 3.05) is 26.8 Å². The number of fused-ring (bicyclic) bond motifs is 2. The number of para-hydroxylation sites is 3. The summed E-state index contributed by atoms with van der Waals surface area (Å²) >= 11 is 0. The molecule has 0 spiro atoms. The Bertz CT molecular complexity index is 888. The van der Waals surface area contributed by atoms with Gasteiger partial charge in [-0.1, -0.05) is 18.2 Å². The number of hydrogen-bond donors (Lipinski definition) is 2. The molecule has 0 bridgehead atoms. The van der Waals surface area contributed by atoms with E-state index in [4.69, 9.17) is 14.2 Å². The van der Waals surface area contributed by atoms with Crippen molar-refractivity contribution < 1.29 is 19.3 Å². The standard InChI is InChI=1S/C19H21N3O4.ClH/c1-22(18-11-25-15-6-2-3-7-16(15)26-18)9-13(23)10-24-17-8-4-5-14-19(17)21-12-20-14;/h2-8,12-13,18,23H,9-11H2,1H3,(H,20,21);1H. The predicted octanol–water partition coefficient (Wildman–Crippen LogP) is 2.45. The number of nitrogens with zero attached hydrogens (tertiary/aromatic N) is 2. The van der Waals surface area contributed by atoms with Crippen molar-refractivity contribution in [3.05, 3.63) is 48.8 Å². The molecular formula is C19H22ClN3O4. The van der Waals surface area contributed by atoms with Crippen LogP contribution in [0.4, 0.5) is 0 Å². The van der Waals surface area contributed by atoms with E-state index in [9.17, 15) is 5.11 Å². The van der Waals surface area contributed by atoms with Crippen LogP contribution in [0.3, 0.4) is 0 Å². The first-order chi connectivity index (χ1) is 12.7. The summed E-state index contributed by atoms with van der Waals surface area (Å²) in [5.74, 6) is 2.11. The number of ether oxygens (including phenoxy) is 3. The second kappa shape index (κ2) is 8.47. The number of benzene rings is 2. The van der Waals surface area contributed by atoms with E-state index in [2.05, 4.69) is 9.97 Å². The molecule has 2 aromatic carbocycles. The monoisotopic (exact) mass is 391 g/mol. The highest BCUT2D eigenvalue weighted by Gasteiger charge is 2.25. The van der Waals surface area contributed by atoms with E-state index in [1.165, 1.54) is 0 Å². The fourth-order valence-corrected chi connectivity index (χ4v) is 2.97. The second-order valence-corrected chi connectivity index (χ2v) is 6.29. The van der Waals surface area contributed by atoms with E-state index < -0.39 is 6.10 Å². The number of halogens is 1. The SMILES string of the molecule is CN(CC(O)COc1cccc2[nH]cnc12)C1COc2ccccc2O1.Cl. The summed E-state index contributed by atoms with van der Waals surface area (Å²) in [6, 6.07) is 13.2. The van der Waals surface area contributed by atoms with Crippen LogP contribution in [-0.2, 0) is 0 Å². The highest BCUT2D eigenvalue weighted by atomic mass is 35.5. The zero-order chi connectivity index (χ0) is 17.9. The molecule has 1 aromatic heterocycles. The number of aliphatic hydroxyl groups excluding tert-OH is 1. The predicted molar refractivity (Wildman–Crippen MR) is 104 cm³/mol. The molecule has 0 aliphatic carbocycles. The third-order valence-corrected chi connectivity index (χ3v) is 4.33. The van der Waals surface area contributed by atoms with Crippen LogP contribution < -0.4 is 14.2 Å². The first-order valence-electron chi connectivity index (χ1n) is 8.52. The molecule has 7 nitrogen and oxygen atoms in total. The third kappa shape index (κ3) is 4.27. The Morgan fingerprint density at radius 3 is 2.93 bits per heavy atom. The molecule has 3 aromatic rings. The lowest BCUT2D eigenvalue weighted by Crippen LogP contribution is -2.47. The minimum Gasteiger partial charge on any atom is -0.488 e. The maximum absolute atomic E-state index is 10.3. The van der Waals surface area contributed by atoms with Crippen LogP contribution in [0, 0.1) is 0 Å². The van der Waals surface area contributed by atoms with Crippen LogP contribution >= 0.6 is 12.4 Å². The van der Waals surface area contributed by atoms with Gasteiger partial charge in [0.05, 0.1) is 11.8 Å². The van der Waals surface area contributed by atoms with Gasteiger partial charge in [-0.3, -0.25) is 4.90 Å². The molecule has 2 heterocycles. The Labute approximate surface area is 163 Å². The third-order valence-electron chi connectivity index (χ3n) is 4.33. The van der Waals surface area contributed by atoms with E-state index in [-0.39, 0.29) is 25.2 Å². The maximum Gasteiger partial charge on any atom is 0.187 e. The summed E-state index contributed by atoms with van der Waals surface area (Å²) in [5, 5.41) is 10.3. The second-order valence-electron chi connectivity index (χ2n) is 6.29. The van der Waals surface area contributed by atoms with Crippen LogP contribution in [0.2, 0.25) is 0 Å². The highest BCUT2D eigenvalue weighted by Crippen LogP contribution is 2.31.